The Hall–Kier alpha value is -4.41. The molecule has 0 fully saturated rings. The molecule has 4 aromatic carbocycles. The first kappa shape index (κ1) is 29.6. The maximum atomic E-state index is 13.7. The van der Waals surface area contributed by atoms with Crippen molar-refractivity contribution in [2.45, 2.75) is 19.7 Å². The molecular formula is C31H33NO8S. The van der Waals surface area contributed by atoms with Gasteiger partial charge in [-0.3, -0.25) is 0 Å². The molecule has 216 valence electrons. The highest BCUT2D eigenvalue weighted by Gasteiger charge is 2.28. The quantitative estimate of drug-likeness (QED) is 0.190. The van der Waals surface area contributed by atoms with E-state index in [1.165, 1.54) is 18.5 Å². The maximum Gasteiger partial charge on any atom is 0.385 e. The predicted octanol–water partition coefficient (Wildman–Crippen LogP) is 5.63. The Bertz CT molecular complexity index is 1470. The molecule has 10 heteroatoms. The van der Waals surface area contributed by atoms with Crippen LogP contribution in [-0.4, -0.2) is 41.2 Å². The SMILES string of the molecule is COc1ccc(CN(Cc2ccc(OC)cc2OC)S(=O)(=O)Oc2ccc(OCc3ccccc3)cc2)c(OC)c1. The minimum absolute atomic E-state index is 0.0387. The second-order valence-electron chi connectivity index (χ2n) is 8.91. The van der Waals surface area contributed by atoms with Crippen molar-refractivity contribution in [3.05, 3.63) is 108 Å². The molecule has 0 radical (unpaired) electrons. The van der Waals surface area contributed by atoms with E-state index in [2.05, 4.69) is 0 Å². The molecule has 0 aliphatic heterocycles. The number of methoxy groups -OCH3 is 4. The third-order valence-corrected chi connectivity index (χ3v) is 7.57. The lowest BCUT2D eigenvalue weighted by molar-refractivity contribution is 0.305. The van der Waals surface area contributed by atoms with Crippen LogP contribution in [0.1, 0.15) is 16.7 Å². The minimum atomic E-state index is -4.30. The molecule has 41 heavy (non-hydrogen) atoms. The first-order valence-corrected chi connectivity index (χ1v) is 14.1. The Kier molecular flexibility index (Phi) is 9.94. The van der Waals surface area contributed by atoms with Crippen LogP contribution in [0.25, 0.3) is 0 Å². The number of hydrogen-bond donors (Lipinski definition) is 0. The summed E-state index contributed by atoms with van der Waals surface area (Å²) in [5.74, 6) is 2.86. The van der Waals surface area contributed by atoms with Crippen molar-refractivity contribution in [2.24, 2.45) is 0 Å². The van der Waals surface area contributed by atoms with E-state index in [0.29, 0.717) is 46.5 Å². The Balaban J connectivity index is 1.58. The molecule has 0 atom stereocenters. The van der Waals surface area contributed by atoms with Crippen LogP contribution < -0.4 is 27.9 Å². The van der Waals surface area contributed by atoms with Crippen LogP contribution >= 0.6 is 0 Å². The summed E-state index contributed by atoms with van der Waals surface area (Å²) in [5, 5.41) is 0. The van der Waals surface area contributed by atoms with Crippen LogP contribution in [0, 0.1) is 0 Å². The number of hydrogen-bond acceptors (Lipinski definition) is 8. The zero-order valence-corrected chi connectivity index (χ0v) is 24.2. The zero-order valence-electron chi connectivity index (χ0n) is 23.4. The lowest BCUT2D eigenvalue weighted by atomic mass is 10.1. The van der Waals surface area contributed by atoms with Gasteiger partial charge in [0.05, 0.1) is 28.4 Å². The van der Waals surface area contributed by atoms with E-state index in [1.54, 1.807) is 74.9 Å². The fourth-order valence-corrected chi connectivity index (χ4v) is 5.12. The van der Waals surface area contributed by atoms with Crippen molar-refractivity contribution >= 4 is 10.3 Å². The van der Waals surface area contributed by atoms with E-state index in [9.17, 15) is 8.42 Å². The molecule has 0 aromatic heterocycles. The molecule has 4 rings (SSSR count). The summed E-state index contributed by atoms with van der Waals surface area (Å²) >= 11 is 0. The van der Waals surface area contributed by atoms with Crippen molar-refractivity contribution in [1.82, 2.24) is 4.31 Å². The van der Waals surface area contributed by atoms with Crippen molar-refractivity contribution in [1.29, 1.82) is 0 Å². The number of rotatable bonds is 14. The van der Waals surface area contributed by atoms with E-state index in [-0.39, 0.29) is 18.8 Å². The molecule has 0 aliphatic carbocycles. The van der Waals surface area contributed by atoms with Gasteiger partial charge in [0.1, 0.15) is 41.1 Å². The van der Waals surface area contributed by atoms with Crippen molar-refractivity contribution < 1.29 is 36.3 Å². The maximum absolute atomic E-state index is 13.7. The van der Waals surface area contributed by atoms with Gasteiger partial charge < -0.3 is 27.9 Å². The highest BCUT2D eigenvalue weighted by atomic mass is 32.2. The molecule has 9 nitrogen and oxygen atoms in total. The highest BCUT2D eigenvalue weighted by Crippen LogP contribution is 2.31. The molecule has 0 spiro atoms. The lowest BCUT2D eigenvalue weighted by Gasteiger charge is -2.24. The first-order valence-electron chi connectivity index (χ1n) is 12.7. The summed E-state index contributed by atoms with van der Waals surface area (Å²) in [6.45, 7) is 0.312. The third-order valence-electron chi connectivity index (χ3n) is 6.27. The Morgan fingerprint density at radius 3 is 1.56 bits per heavy atom. The fourth-order valence-electron chi connectivity index (χ4n) is 4.07. The van der Waals surface area contributed by atoms with Crippen LogP contribution in [0.2, 0.25) is 0 Å². The van der Waals surface area contributed by atoms with Crippen molar-refractivity contribution in [3.63, 3.8) is 0 Å². The molecule has 0 heterocycles. The highest BCUT2D eigenvalue weighted by molar-refractivity contribution is 7.84. The molecular weight excluding hydrogens is 546 g/mol. The standard InChI is InChI=1S/C31H33NO8S/c1-35-28-12-10-24(30(18-28)37-3)20-32(21-25-11-13-29(36-2)19-31(25)38-4)41(33,34)40-27-16-14-26(15-17-27)39-22-23-8-6-5-7-9-23/h5-19H,20-22H2,1-4H3. The number of ether oxygens (including phenoxy) is 5. The smallest absolute Gasteiger partial charge is 0.385 e. The summed E-state index contributed by atoms with van der Waals surface area (Å²) in [6, 6.07) is 26.6. The van der Waals surface area contributed by atoms with E-state index < -0.39 is 10.3 Å². The topological polar surface area (TPSA) is 92.8 Å². The van der Waals surface area contributed by atoms with Gasteiger partial charge >= 0.3 is 10.3 Å². The average molecular weight is 580 g/mol. The predicted molar refractivity (Wildman–Crippen MR) is 155 cm³/mol. The summed E-state index contributed by atoms with van der Waals surface area (Å²) in [6.07, 6.45) is 0. The summed E-state index contributed by atoms with van der Waals surface area (Å²) in [5.41, 5.74) is 2.27. The molecule has 4 aromatic rings. The summed E-state index contributed by atoms with van der Waals surface area (Å²) in [4.78, 5) is 0. The Labute approximate surface area is 241 Å². The van der Waals surface area contributed by atoms with Gasteiger partial charge in [-0.25, -0.2) is 0 Å². The van der Waals surface area contributed by atoms with Crippen LogP contribution in [0.15, 0.2) is 91.0 Å². The largest absolute Gasteiger partial charge is 0.497 e. The molecule has 0 amide bonds. The molecule has 0 unspecified atom stereocenters. The van der Waals surface area contributed by atoms with Gasteiger partial charge in [0.2, 0.25) is 0 Å². The van der Waals surface area contributed by atoms with Gasteiger partial charge in [-0.2, -0.15) is 12.7 Å². The normalized spacial score (nSPS) is 11.1. The van der Waals surface area contributed by atoms with Gasteiger partial charge in [-0.15, -0.1) is 0 Å². The van der Waals surface area contributed by atoms with E-state index in [1.807, 2.05) is 30.3 Å². The lowest BCUT2D eigenvalue weighted by Crippen LogP contribution is -2.34. The first-order chi connectivity index (χ1) is 19.8. The molecule has 0 bridgehead atoms. The second kappa shape index (κ2) is 13.8. The fraction of sp³-hybridized carbons (Fsp3) is 0.226. The van der Waals surface area contributed by atoms with Crippen molar-refractivity contribution in [3.8, 4) is 34.5 Å². The summed E-state index contributed by atoms with van der Waals surface area (Å²) in [7, 11) is 1.83. The molecule has 0 aliphatic rings. The van der Waals surface area contributed by atoms with Gasteiger partial charge in [-0.05, 0) is 42.0 Å². The zero-order chi connectivity index (χ0) is 29.2. The number of benzene rings is 4. The molecule has 0 saturated heterocycles. The Morgan fingerprint density at radius 1 is 0.585 bits per heavy atom. The van der Waals surface area contributed by atoms with E-state index >= 15 is 0 Å². The van der Waals surface area contributed by atoms with Crippen LogP contribution in [-0.2, 0) is 30.0 Å². The van der Waals surface area contributed by atoms with Gasteiger partial charge in [0.15, 0.2) is 0 Å². The van der Waals surface area contributed by atoms with Crippen molar-refractivity contribution in [2.75, 3.05) is 28.4 Å². The van der Waals surface area contributed by atoms with Crippen LogP contribution in [0.4, 0.5) is 0 Å². The minimum Gasteiger partial charge on any atom is -0.497 e. The van der Waals surface area contributed by atoms with E-state index in [0.717, 1.165) is 5.56 Å². The molecule has 0 N–H and O–H groups in total. The van der Waals surface area contributed by atoms with Gasteiger partial charge in [-0.1, -0.05) is 42.5 Å². The van der Waals surface area contributed by atoms with Crippen LogP contribution in [0.5, 0.6) is 34.5 Å². The van der Waals surface area contributed by atoms with Crippen LogP contribution in [0.3, 0.4) is 0 Å². The van der Waals surface area contributed by atoms with Gasteiger partial charge in [0, 0.05) is 36.3 Å². The average Bonchev–Trinajstić information content (AvgIpc) is 3.00. The summed E-state index contributed by atoms with van der Waals surface area (Å²) < 4.78 is 61.6. The Morgan fingerprint density at radius 2 is 1.07 bits per heavy atom. The third kappa shape index (κ3) is 7.84. The van der Waals surface area contributed by atoms with Gasteiger partial charge in [0.25, 0.3) is 0 Å². The second-order valence-corrected chi connectivity index (χ2v) is 10.4. The molecule has 0 saturated carbocycles. The van der Waals surface area contributed by atoms with E-state index in [4.69, 9.17) is 27.9 Å². The number of nitrogens with zero attached hydrogens (tertiary/aromatic N) is 1. The monoisotopic (exact) mass is 579 g/mol.